The third-order valence-corrected chi connectivity index (χ3v) is 2.95. The predicted molar refractivity (Wildman–Crippen MR) is 66.2 cm³/mol. The van der Waals surface area contributed by atoms with E-state index in [-0.39, 0.29) is 6.04 Å². The zero-order valence-corrected chi connectivity index (χ0v) is 10.2. The first-order valence-electron chi connectivity index (χ1n) is 5.23. The highest BCUT2D eigenvalue weighted by Crippen LogP contribution is 2.21. The van der Waals surface area contributed by atoms with Gasteiger partial charge in [0.1, 0.15) is 0 Å². The molecule has 90 valence electrons. The van der Waals surface area contributed by atoms with Gasteiger partial charge in [0.25, 0.3) is 0 Å². The highest BCUT2D eigenvalue weighted by atomic mass is 35.5. The van der Waals surface area contributed by atoms with Crippen LogP contribution >= 0.6 is 11.6 Å². The van der Waals surface area contributed by atoms with Crippen LogP contribution in [0.3, 0.4) is 0 Å². The van der Waals surface area contributed by atoms with Gasteiger partial charge in [-0.1, -0.05) is 11.6 Å². The summed E-state index contributed by atoms with van der Waals surface area (Å²) in [6, 6.07) is 1.88. The SMILES string of the molecule is Cn1cc(C(Cc2ccncc2Cl)NN)cn1. The summed E-state index contributed by atoms with van der Waals surface area (Å²) in [7, 11) is 1.87. The largest absolute Gasteiger partial charge is 0.275 e. The van der Waals surface area contributed by atoms with Crippen LogP contribution in [0, 0.1) is 0 Å². The molecule has 0 aliphatic heterocycles. The fourth-order valence-electron chi connectivity index (χ4n) is 1.68. The van der Waals surface area contributed by atoms with Crippen molar-refractivity contribution in [1.82, 2.24) is 20.2 Å². The van der Waals surface area contributed by atoms with Gasteiger partial charge in [-0.2, -0.15) is 5.10 Å². The molecule has 0 aromatic carbocycles. The number of rotatable bonds is 4. The fraction of sp³-hybridized carbons (Fsp3) is 0.273. The van der Waals surface area contributed by atoms with Crippen molar-refractivity contribution in [3.8, 4) is 0 Å². The molecule has 0 bridgehead atoms. The molecule has 1 atom stereocenters. The summed E-state index contributed by atoms with van der Waals surface area (Å²) >= 11 is 6.07. The van der Waals surface area contributed by atoms with E-state index in [2.05, 4.69) is 15.5 Å². The van der Waals surface area contributed by atoms with Gasteiger partial charge in [-0.15, -0.1) is 0 Å². The van der Waals surface area contributed by atoms with Gasteiger partial charge in [-0.3, -0.25) is 20.9 Å². The molecule has 3 N–H and O–H groups in total. The van der Waals surface area contributed by atoms with Crippen molar-refractivity contribution in [2.45, 2.75) is 12.5 Å². The van der Waals surface area contributed by atoms with Crippen molar-refractivity contribution in [3.05, 3.63) is 47.0 Å². The second kappa shape index (κ2) is 5.27. The molecule has 0 saturated carbocycles. The minimum atomic E-state index is -0.0106. The Morgan fingerprint density at radius 1 is 1.53 bits per heavy atom. The zero-order chi connectivity index (χ0) is 12.3. The lowest BCUT2D eigenvalue weighted by Gasteiger charge is -2.14. The maximum atomic E-state index is 6.07. The van der Waals surface area contributed by atoms with E-state index in [4.69, 9.17) is 17.4 Å². The standard InChI is InChI=1S/C11H14ClN5/c1-17-7-9(5-15-17)11(16-13)4-8-2-3-14-6-10(8)12/h2-3,5-7,11,16H,4,13H2,1H3. The van der Waals surface area contributed by atoms with E-state index in [0.29, 0.717) is 11.4 Å². The number of aromatic nitrogens is 3. The number of hydrogen-bond acceptors (Lipinski definition) is 4. The van der Waals surface area contributed by atoms with Gasteiger partial charge >= 0.3 is 0 Å². The average molecular weight is 252 g/mol. The molecule has 0 radical (unpaired) electrons. The summed E-state index contributed by atoms with van der Waals surface area (Å²) in [6.07, 6.45) is 7.77. The van der Waals surface area contributed by atoms with Crippen molar-refractivity contribution in [1.29, 1.82) is 0 Å². The van der Waals surface area contributed by atoms with E-state index < -0.39 is 0 Å². The molecule has 1 unspecified atom stereocenters. The van der Waals surface area contributed by atoms with Gasteiger partial charge < -0.3 is 0 Å². The molecule has 17 heavy (non-hydrogen) atoms. The first-order chi connectivity index (χ1) is 8.20. The van der Waals surface area contributed by atoms with Crippen LogP contribution in [0.5, 0.6) is 0 Å². The summed E-state index contributed by atoms with van der Waals surface area (Å²) in [5.41, 5.74) is 4.81. The Bertz CT molecular complexity index is 496. The first-order valence-corrected chi connectivity index (χ1v) is 5.61. The number of hydrogen-bond donors (Lipinski definition) is 2. The lowest BCUT2D eigenvalue weighted by Crippen LogP contribution is -2.29. The highest BCUT2D eigenvalue weighted by molar-refractivity contribution is 6.31. The van der Waals surface area contributed by atoms with Crippen molar-refractivity contribution in [2.75, 3.05) is 0 Å². The number of nitrogens with zero attached hydrogens (tertiary/aromatic N) is 3. The predicted octanol–water partition coefficient (Wildman–Crippen LogP) is 1.22. The monoisotopic (exact) mass is 251 g/mol. The Morgan fingerprint density at radius 3 is 2.94 bits per heavy atom. The molecule has 0 aliphatic carbocycles. The number of pyridine rings is 1. The zero-order valence-electron chi connectivity index (χ0n) is 9.47. The number of nitrogens with one attached hydrogen (secondary N) is 1. The maximum Gasteiger partial charge on any atom is 0.0622 e. The van der Waals surface area contributed by atoms with E-state index in [1.165, 1.54) is 0 Å². The third-order valence-electron chi connectivity index (χ3n) is 2.61. The van der Waals surface area contributed by atoms with Crippen molar-refractivity contribution >= 4 is 11.6 Å². The van der Waals surface area contributed by atoms with Gasteiger partial charge in [0, 0.05) is 31.2 Å². The molecule has 0 saturated heterocycles. The molecule has 0 fully saturated rings. The van der Waals surface area contributed by atoms with E-state index >= 15 is 0 Å². The molecule has 2 rings (SSSR count). The molecular formula is C11H14ClN5. The molecule has 0 aliphatic rings. The summed E-state index contributed by atoms with van der Waals surface area (Å²) in [6.45, 7) is 0. The Kier molecular flexibility index (Phi) is 3.73. The van der Waals surface area contributed by atoms with Crippen LogP contribution in [0.2, 0.25) is 5.02 Å². The van der Waals surface area contributed by atoms with Gasteiger partial charge in [-0.05, 0) is 18.1 Å². The van der Waals surface area contributed by atoms with Crippen LogP contribution in [0.15, 0.2) is 30.9 Å². The van der Waals surface area contributed by atoms with Crippen molar-refractivity contribution in [3.63, 3.8) is 0 Å². The topological polar surface area (TPSA) is 68.8 Å². The molecule has 2 aromatic rings. The van der Waals surface area contributed by atoms with E-state index in [9.17, 15) is 0 Å². The van der Waals surface area contributed by atoms with Gasteiger partial charge in [0.15, 0.2) is 0 Å². The van der Waals surface area contributed by atoms with Crippen molar-refractivity contribution in [2.24, 2.45) is 12.9 Å². The van der Waals surface area contributed by atoms with Crippen LogP contribution in [-0.2, 0) is 13.5 Å². The van der Waals surface area contributed by atoms with E-state index in [0.717, 1.165) is 11.1 Å². The lowest BCUT2D eigenvalue weighted by molar-refractivity contribution is 0.551. The average Bonchev–Trinajstić information content (AvgIpc) is 2.75. The summed E-state index contributed by atoms with van der Waals surface area (Å²) in [5, 5.41) is 4.77. The van der Waals surface area contributed by atoms with Crippen LogP contribution < -0.4 is 11.3 Å². The molecule has 6 heteroatoms. The maximum absolute atomic E-state index is 6.07. The fourth-order valence-corrected chi connectivity index (χ4v) is 1.88. The van der Waals surface area contributed by atoms with Crippen LogP contribution in [0.1, 0.15) is 17.2 Å². The number of hydrazine groups is 1. The minimum absolute atomic E-state index is 0.0106. The van der Waals surface area contributed by atoms with Gasteiger partial charge in [0.05, 0.1) is 17.3 Å². The van der Waals surface area contributed by atoms with Gasteiger partial charge in [-0.25, -0.2) is 0 Å². The molecule has 2 heterocycles. The van der Waals surface area contributed by atoms with Crippen LogP contribution in [-0.4, -0.2) is 14.8 Å². The third kappa shape index (κ3) is 2.82. The molecule has 0 amide bonds. The normalized spacial score (nSPS) is 12.6. The Labute approximate surface area is 105 Å². The highest BCUT2D eigenvalue weighted by Gasteiger charge is 2.13. The molecule has 2 aromatic heterocycles. The molecular weight excluding hydrogens is 238 g/mol. The number of halogens is 1. The Hall–Kier alpha value is -1.43. The number of aryl methyl sites for hydroxylation is 1. The van der Waals surface area contributed by atoms with Gasteiger partial charge in [0.2, 0.25) is 0 Å². The Morgan fingerprint density at radius 2 is 2.35 bits per heavy atom. The quantitative estimate of drug-likeness (QED) is 0.633. The van der Waals surface area contributed by atoms with E-state index in [1.54, 1.807) is 23.3 Å². The summed E-state index contributed by atoms with van der Waals surface area (Å²) in [4.78, 5) is 3.95. The second-order valence-electron chi connectivity index (χ2n) is 3.84. The summed E-state index contributed by atoms with van der Waals surface area (Å²) in [5.74, 6) is 5.57. The van der Waals surface area contributed by atoms with Crippen molar-refractivity contribution < 1.29 is 0 Å². The lowest BCUT2D eigenvalue weighted by atomic mass is 10.0. The second-order valence-corrected chi connectivity index (χ2v) is 4.24. The molecule has 0 spiro atoms. The first kappa shape index (κ1) is 12.0. The molecule has 5 nitrogen and oxygen atoms in total. The number of nitrogens with two attached hydrogens (primary N) is 1. The Balaban J connectivity index is 2.18. The van der Waals surface area contributed by atoms with Crippen LogP contribution in [0.25, 0.3) is 0 Å². The minimum Gasteiger partial charge on any atom is -0.275 e. The summed E-state index contributed by atoms with van der Waals surface area (Å²) < 4.78 is 1.74. The van der Waals surface area contributed by atoms with Crippen LogP contribution in [0.4, 0.5) is 0 Å². The van der Waals surface area contributed by atoms with E-state index in [1.807, 2.05) is 19.3 Å². The smallest absolute Gasteiger partial charge is 0.0622 e.